The van der Waals surface area contributed by atoms with Crippen molar-refractivity contribution >= 4 is 21.8 Å². The monoisotopic (exact) mass is 391 g/mol. The van der Waals surface area contributed by atoms with Crippen LogP contribution >= 0.6 is 0 Å². The van der Waals surface area contributed by atoms with E-state index in [9.17, 15) is 13.2 Å². The summed E-state index contributed by atoms with van der Waals surface area (Å²) in [5.41, 5.74) is 7.07. The van der Waals surface area contributed by atoms with Crippen LogP contribution in [0.25, 0.3) is 0 Å². The average Bonchev–Trinajstić information content (AvgIpc) is 3.42. The van der Waals surface area contributed by atoms with Gasteiger partial charge in [0.05, 0.1) is 17.9 Å². The van der Waals surface area contributed by atoms with Crippen molar-refractivity contribution in [2.75, 3.05) is 19.7 Å². The molecule has 7 nitrogen and oxygen atoms in total. The zero-order valence-corrected chi connectivity index (χ0v) is 16.1. The van der Waals surface area contributed by atoms with Crippen molar-refractivity contribution in [3.05, 3.63) is 29.3 Å². The fourth-order valence-corrected chi connectivity index (χ4v) is 4.95. The Morgan fingerprint density at radius 2 is 2.07 bits per heavy atom. The highest BCUT2D eigenvalue weighted by molar-refractivity contribution is 7.89. The van der Waals surface area contributed by atoms with Crippen molar-refractivity contribution in [3.8, 4) is 5.75 Å². The number of amides is 1. The zero-order chi connectivity index (χ0) is 19.0. The Bertz CT molecular complexity index is 877. The van der Waals surface area contributed by atoms with Crippen molar-refractivity contribution in [3.63, 3.8) is 0 Å². The lowest BCUT2D eigenvalue weighted by Gasteiger charge is -2.33. The number of sulfonamides is 1. The van der Waals surface area contributed by atoms with Gasteiger partial charge in [-0.2, -0.15) is 0 Å². The number of carbonyl (C=O) groups excluding carboxylic acids is 1. The SMILES string of the molecule is NC1=NS(=O)(=O)Cc2cccc(OC[C@H]3CCCN(C(=O)CC4CC4)C3)c21. The zero-order valence-electron chi connectivity index (χ0n) is 15.3. The fourth-order valence-electron chi connectivity index (χ4n) is 3.87. The lowest BCUT2D eigenvalue weighted by Crippen LogP contribution is -2.41. The van der Waals surface area contributed by atoms with E-state index in [4.69, 9.17) is 10.5 Å². The van der Waals surface area contributed by atoms with Crippen LogP contribution in [0, 0.1) is 11.8 Å². The number of hydrogen-bond donors (Lipinski definition) is 1. The van der Waals surface area contributed by atoms with Gasteiger partial charge in [0.15, 0.2) is 0 Å². The van der Waals surface area contributed by atoms with Crippen LogP contribution in [-0.2, 0) is 20.6 Å². The molecule has 146 valence electrons. The molecule has 3 aliphatic rings. The van der Waals surface area contributed by atoms with Crippen LogP contribution in [0.4, 0.5) is 0 Å². The largest absolute Gasteiger partial charge is 0.492 e. The quantitative estimate of drug-likeness (QED) is 0.822. The number of nitrogens with two attached hydrogens (primary N) is 1. The molecule has 0 spiro atoms. The van der Waals surface area contributed by atoms with Crippen LogP contribution in [0.5, 0.6) is 5.75 Å². The summed E-state index contributed by atoms with van der Waals surface area (Å²) < 4.78 is 33.2. The first-order chi connectivity index (χ1) is 12.9. The standard InChI is InChI=1S/C19H25N3O4S/c20-19-18-15(12-27(24,25)21-19)4-1-5-16(18)26-11-14-3-2-8-22(10-14)17(23)9-13-6-7-13/h1,4-5,13-14H,2-3,6-12H2,(H2,20,21)/t14-/m0/s1. The Hall–Kier alpha value is -2.09. The van der Waals surface area contributed by atoms with E-state index in [0.29, 0.717) is 35.8 Å². The minimum absolute atomic E-state index is 0.0169. The number of ether oxygens (including phenoxy) is 1. The van der Waals surface area contributed by atoms with Crippen LogP contribution in [-0.4, -0.2) is 44.8 Å². The van der Waals surface area contributed by atoms with Crippen molar-refractivity contribution in [1.29, 1.82) is 0 Å². The molecule has 8 heteroatoms. The van der Waals surface area contributed by atoms with Gasteiger partial charge in [-0.15, -0.1) is 4.40 Å². The summed E-state index contributed by atoms with van der Waals surface area (Å²) in [5, 5.41) is 0. The van der Waals surface area contributed by atoms with Crippen LogP contribution < -0.4 is 10.5 Å². The van der Waals surface area contributed by atoms with Crippen molar-refractivity contribution in [2.24, 2.45) is 22.0 Å². The van der Waals surface area contributed by atoms with E-state index >= 15 is 0 Å². The molecular weight excluding hydrogens is 366 g/mol. The first-order valence-corrected chi connectivity index (χ1v) is 11.1. The maximum atomic E-state index is 12.4. The van der Waals surface area contributed by atoms with Crippen LogP contribution in [0.3, 0.4) is 0 Å². The second-order valence-electron chi connectivity index (χ2n) is 7.80. The molecule has 1 aromatic rings. The normalized spacial score (nSPS) is 24.1. The maximum Gasteiger partial charge on any atom is 0.259 e. The van der Waals surface area contributed by atoms with E-state index < -0.39 is 10.0 Å². The molecule has 2 fully saturated rings. The van der Waals surface area contributed by atoms with Gasteiger partial charge in [0, 0.05) is 25.4 Å². The van der Waals surface area contributed by atoms with Gasteiger partial charge in [0.1, 0.15) is 11.6 Å². The van der Waals surface area contributed by atoms with Gasteiger partial charge in [-0.1, -0.05) is 12.1 Å². The van der Waals surface area contributed by atoms with E-state index in [0.717, 1.165) is 25.9 Å². The third-order valence-electron chi connectivity index (χ3n) is 5.45. The van der Waals surface area contributed by atoms with Crippen molar-refractivity contribution in [2.45, 2.75) is 37.9 Å². The predicted molar refractivity (Wildman–Crippen MR) is 102 cm³/mol. The van der Waals surface area contributed by atoms with Gasteiger partial charge >= 0.3 is 0 Å². The molecule has 1 aliphatic carbocycles. The number of rotatable bonds is 5. The molecule has 2 heterocycles. The number of hydrogen-bond acceptors (Lipinski definition) is 5. The molecule has 4 rings (SSSR count). The summed E-state index contributed by atoms with van der Waals surface area (Å²) in [4.78, 5) is 14.3. The first kappa shape index (κ1) is 18.3. The van der Waals surface area contributed by atoms with Gasteiger partial charge in [-0.25, -0.2) is 8.42 Å². The number of carbonyl (C=O) groups is 1. The van der Waals surface area contributed by atoms with E-state index in [1.54, 1.807) is 18.2 Å². The number of likely N-dealkylation sites (tertiary alicyclic amines) is 1. The summed E-state index contributed by atoms with van der Waals surface area (Å²) in [6.45, 7) is 2.03. The molecule has 1 saturated heterocycles. The molecule has 0 aromatic heterocycles. The maximum absolute atomic E-state index is 12.4. The molecule has 0 radical (unpaired) electrons. The smallest absolute Gasteiger partial charge is 0.259 e. The topological polar surface area (TPSA) is 102 Å². The predicted octanol–water partition coefficient (Wildman–Crippen LogP) is 1.65. The molecular formula is C19H25N3O4S. The summed E-state index contributed by atoms with van der Waals surface area (Å²) in [6, 6.07) is 5.30. The molecule has 1 saturated carbocycles. The number of benzene rings is 1. The molecule has 2 N–H and O–H groups in total. The number of amidine groups is 1. The number of fused-ring (bicyclic) bond motifs is 1. The minimum Gasteiger partial charge on any atom is -0.492 e. The minimum atomic E-state index is -3.56. The second-order valence-corrected chi connectivity index (χ2v) is 9.43. The van der Waals surface area contributed by atoms with Gasteiger partial charge in [-0.3, -0.25) is 4.79 Å². The Labute approximate surface area is 159 Å². The Morgan fingerprint density at radius 1 is 1.26 bits per heavy atom. The van der Waals surface area contributed by atoms with E-state index in [1.807, 2.05) is 4.90 Å². The highest BCUT2D eigenvalue weighted by Gasteiger charge is 2.30. The van der Waals surface area contributed by atoms with Gasteiger partial charge < -0.3 is 15.4 Å². The van der Waals surface area contributed by atoms with E-state index in [2.05, 4.69) is 4.40 Å². The highest BCUT2D eigenvalue weighted by Crippen LogP contribution is 2.33. The Kier molecular flexibility index (Phi) is 4.84. The van der Waals surface area contributed by atoms with Crippen molar-refractivity contribution in [1.82, 2.24) is 4.90 Å². The van der Waals surface area contributed by atoms with E-state index in [1.165, 1.54) is 12.8 Å². The van der Waals surface area contributed by atoms with Gasteiger partial charge in [0.25, 0.3) is 10.0 Å². The number of piperidine rings is 1. The van der Waals surface area contributed by atoms with Gasteiger partial charge in [0.2, 0.25) is 5.91 Å². The third kappa shape index (κ3) is 4.26. The van der Waals surface area contributed by atoms with Crippen molar-refractivity contribution < 1.29 is 17.9 Å². The molecule has 0 bridgehead atoms. The molecule has 2 aliphatic heterocycles. The average molecular weight is 391 g/mol. The summed E-state index contributed by atoms with van der Waals surface area (Å²) in [6.07, 6.45) is 5.05. The Balaban J connectivity index is 1.41. The molecule has 1 amide bonds. The second kappa shape index (κ2) is 7.14. The molecule has 27 heavy (non-hydrogen) atoms. The Morgan fingerprint density at radius 3 is 2.85 bits per heavy atom. The van der Waals surface area contributed by atoms with E-state index in [-0.39, 0.29) is 23.4 Å². The molecule has 0 unspecified atom stereocenters. The first-order valence-electron chi connectivity index (χ1n) is 9.52. The summed E-state index contributed by atoms with van der Waals surface area (Å²) >= 11 is 0. The van der Waals surface area contributed by atoms with Crippen LogP contribution in [0.15, 0.2) is 22.6 Å². The molecule has 1 atom stereocenters. The van der Waals surface area contributed by atoms with Gasteiger partial charge in [-0.05, 0) is 43.2 Å². The summed E-state index contributed by atoms with van der Waals surface area (Å²) in [7, 11) is -3.56. The third-order valence-corrected chi connectivity index (χ3v) is 6.60. The fraction of sp³-hybridized carbons (Fsp3) is 0.579. The lowest BCUT2D eigenvalue weighted by atomic mass is 9.98. The summed E-state index contributed by atoms with van der Waals surface area (Å²) in [5.74, 6) is 1.52. The molecule has 1 aromatic carbocycles. The van der Waals surface area contributed by atoms with Crippen LogP contribution in [0.1, 0.15) is 43.2 Å². The number of nitrogens with zero attached hydrogens (tertiary/aromatic N) is 2. The highest BCUT2D eigenvalue weighted by atomic mass is 32.2. The van der Waals surface area contributed by atoms with Crippen LogP contribution in [0.2, 0.25) is 0 Å². The lowest BCUT2D eigenvalue weighted by molar-refractivity contribution is -0.133.